The van der Waals surface area contributed by atoms with Gasteiger partial charge >= 0.3 is 0 Å². The van der Waals surface area contributed by atoms with E-state index in [0.717, 1.165) is 0 Å². The lowest BCUT2D eigenvalue weighted by molar-refractivity contribution is 0.482. The molecular formula is C15H17ClN6O. The Hall–Kier alpha value is -2.03. The molecule has 0 bridgehead atoms. The van der Waals surface area contributed by atoms with Crippen molar-refractivity contribution in [3.8, 4) is 11.5 Å². The molecular weight excluding hydrogens is 316 g/mol. The Kier molecular flexibility index (Phi) is 4.85. The van der Waals surface area contributed by atoms with Gasteiger partial charge in [0.15, 0.2) is 0 Å². The fraction of sp³-hybridized carbons (Fsp3) is 0.200. The molecule has 0 amide bonds. The second-order valence-corrected chi connectivity index (χ2v) is 5.53. The van der Waals surface area contributed by atoms with Crippen LogP contribution in [0, 0.1) is 0 Å². The van der Waals surface area contributed by atoms with Crippen LogP contribution in [0.3, 0.4) is 0 Å². The predicted molar refractivity (Wildman–Crippen MR) is 88.5 cm³/mol. The summed E-state index contributed by atoms with van der Waals surface area (Å²) in [6.45, 7) is 0. The molecule has 0 aromatic heterocycles. The van der Waals surface area contributed by atoms with Crippen molar-refractivity contribution in [1.29, 1.82) is 0 Å². The SMILES string of the molecule is NC1NNC(N)C1N=Nc1ccc(Oc2ccc(Cl)cc2)cc1. The fourth-order valence-corrected chi connectivity index (χ4v) is 2.21. The van der Waals surface area contributed by atoms with Gasteiger partial charge in [0.25, 0.3) is 0 Å². The van der Waals surface area contributed by atoms with Gasteiger partial charge in [-0.25, -0.2) is 10.9 Å². The van der Waals surface area contributed by atoms with Crippen molar-refractivity contribution in [2.75, 3.05) is 0 Å². The molecule has 1 saturated heterocycles. The quantitative estimate of drug-likeness (QED) is 0.642. The van der Waals surface area contributed by atoms with E-state index in [1.807, 2.05) is 24.3 Å². The third-order valence-corrected chi connectivity index (χ3v) is 3.60. The Bertz CT molecular complexity index is 665. The molecule has 2 unspecified atom stereocenters. The van der Waals surface area contributed by atoms with E-state index in [4.69, 9.17) is 27.8 Å². The maximum absolute atomic E-state index is 5.84. The molecule has 6 N–H and O–H groups in total. The first-order chi connectivity index (χ1) is 11.1. The summed E-state index contributed by atoms with van der Waals surface area (Å²) in [7, 11) is 0. The van der Waals surface area contributed by atoms with Gasteiger partial charge in [0.05, 0.1) is 18.0 Å². The highest BCUT2D eigenvalue weighted by atomic mass is 35.5. The smallest absolute Gasteiger partial charge is 0.130 e. The monoisotopic (exact) mass is 332 g/mol. The second-order valence-electron chi connectivity index (χ2n) is 5.10. The number of nitrogens with one attached hydrogen (secondary N) is 2. The van der Waals surface area contributed by atoms with Crippen LogP contribution in [-0.4, -0.2) is 18.4 Å². The van der Waals surface area contributed by atoms with E-state index < -0.39 is 0 Å². The van der Waals surface area contributed by atoms with Gasteiger partial charge in [0, 0.05) is 5.02 Å². The van der Waals surface area contributed by atoms with Gasteiger partial charge < -0.3 is 16.2 Å². The molecule has 2 atom stereocenters. The summed E-state index contributed by atoms with van der Waals surface area (Å²) >= 11 is 5.84. The molecule has 2 aromatic carbocycles. The summed E-state index contributed by atoms with van der Waals surface area (Å²) in [6.07, 6.45) is -0.720. The third kappa shape index (κ3) is 4.04. The van der Waals surface area contributed by atoms with E-state index in [1.54, 1.807) is 24.3 Å². The van der Waals surface area contributed by atoms with Crippen LogP contribution in [0.1, 0.15) is 0 Å². The Morgan fingerprint density at radius 3 is 1.96 bits per heavy atom. The molecule has 0 spiro atoms. The van der Waals surface area contributed by atoms with Crippen molar-refractivity contribution in [3.05, 3.63) is 53.6 Å². The second kappa shape index (κ2) is 7.03. The Balaban J connectivity index is 1.64. The summed E-state index contributed by atoms with van der Waals surface area (Å²) in [5.74, 6) is 1.41. The third-order valence-electron chi connectivity index (χ3n) is 3.35. The van der Waals surface area contributed by atoms with Crippen LogP contribution in [0.2, 0.25) is 5.02 Å². The summed E-state index contributed by atoms with van der Waals surface area (Å²) in [5, 5.41) is 9.00. The van der Waals surface area contributed by atoms with Crippen LogP contribution in [0.5, 0.6) is 11.5 Å². The van der Waals surface area contributed by atoms with Gasteiger partial charge in [-0.1, -0.05) is 11.6 Å². The molecule has 2 aromatic rings. The molecule has 0 saturated carbocycles. The predicted octanol–water partition coefficient (Wildman–Crippen LogP) is 2.26. The number of ether oxygens (including phenoxy) is 1. The maximum Gasteiger partial charge on any atom is 0.130 e. The number of rotatable bonds is 4. The van der Waals surface area contributed by atoms with Crippen molar-refractivity contribution in [3.63, 3.8) is 0 Å². The van der Waals surface area contributed by atoms with Crippen LogP contribution in [0.25, 0.3) is 0 Å². The molecule has 0 aliphatic carbocycles. The molecule has 3 rings (SSSR count). The lowest BCUT2D eigenvalue weighted by Gasteiger charge is -2.10. The standard InChI is InChI=1S/C15H17ClN6O/c16-9-1-5-11(6-2-9)23-12-7-3-10(4-8-12)19-20-13-14(17)21-22-15(13)18/h1-8,13-15,21-22H,17-18H2. The molecule has 7 nitrogen and oxygen atoms in total. The van der Waals surface area contributed by atoms with E-state index >= 15 is 0 Å². The molecule has 1 aliphatic rings. The summed E-state index contributed by atoms with van der Waals surface area (Å²) in [6, 6.07) is 14.1. The minimum atomic E-state index is -0.360. The summed E-state index contributed by atoms with van der Waals surface area (Å²) in [5.41, 5.74) is 18.0. The van der Waals surface area contributed by atoms with E-state index in [2.05, 4.69) is 21.1 Å². The largest absolute Gasteiger partial charge is 0.457 e. The minimum Gasteiger partial charge on any atom is -0.457 e. The number of benzene rings is 2. The zero-order valence-corrected chi connectivity index (χ0v) is 12.9. The van der Waals surface area contributed by atoms with Crippen LogP contribution in [0.4, 0.5) is 5.69 Å². The van der Waals surface area contributed by atoms with E-state index in [0.29, 0.717) is 22.2 Å². The maximum atomic E-state index is 5.84. The normalized spacial score (nSPS) is 24.2. The highest BCUT2D eigenvalue weighted by Gasteiger charge is 2.30. The Morgan fingerprint density at radius 1 is 0.870 bits per heavy atom. The Morgan fingerprint density at radius 2 is 1.39 bits per heavy atom. The average Bonchev–Trinajstić information content (AvgIpc) is 2.88. The van der Waals surface area contributed by atoms with Gasteiger partial charge in [-0.3, -0.25) is 0 Å². The molecule has 0 radical (unpaired) electrons. The van der Waals surface area contributed by atoms with E-state index in [-0.39, 0.29) is 18.4 Å². The lowest BCUT2D eigenvalue weighted by atomic mass is 10.2. The number of hydrogen-bond acceptors (Lipinski definition) is 7. The molecule has 1 heterocycles. The number of hydrazine groups is 1. The van der Waals surface area contributed by atoms with Crippen LogP contribution < -0.4 is 27.1 Å². The summed E-state index contributed by atoms with van der Waals surface area (Å²) < 4.78 is 5.71. The average molecular weight is 333 g/mol. The number of hydrogen-bond donors (Lipinski definition) is 4. The molecule has 1 fully saturated rings. The molecule has 120 valence electrons. The number of nitrogens with zero attached hydrogens (tertiary/aromatic N) is 2. The fourth-order valence-electron chi connectivity index (χ4n) is 2.08. The van der Waals surface area contributed by atoms with Crippen molar-refractivity contribution in [2.45, 2.75) is 18.4 Å². The van der Waals surface area contributed by atoms with Crippen molar-refractivity contribution in [1.82, 2.24) is 10.9 Å². The zero-order chi connectivity index (χ0) is 16.2. The first-order valence-corrected chi connectivity index (χ1v) is 7.46. The minimum absolute atomic E-state index is 0.319. The number of azo groups is 1. The molecule has 1 aliphatic heterocycles. The van der Waals surface area contributed by atoms with Crippen molar-refractivity contribution in [2.24, 2.45) is 21.7 Å². The highest BCUT2D eigenvalue weighted by molar-refractivity contribution is 6.30. The number of nitrogens with two attached hydrogens (primary N) is 2. The first kappa shape index (κ1) is 15.9. The van der Waals surface area contributed by atoms with Crippen LogP contribution >= 0.6 is 11.6 Å². The van der Waals surface area contributed by atoms with Gasteiger partial charge in [0.1, 0.15) is 17.5 Å². The zero-order valence-electron chi connectivity index (χ0n) is 12.2. The van der Waals surface area contributed by atoms with Crippen LogP contribution in [-0.2, 0) is 0 Å². The van der Waals surface area contributed by atoms with Gasteiger partial charge in [-0.15, -0.1) is 0 Å². The van der Waals surface area contributed by atoms with Crippen molar-refractivity contribution >= 4 is 17.3 Å². The van der Waals surface area contributed by atoms with Gasteiger partial charge in [0.2, 0.25) is 0 Å². The first-order valence-electron chi connectivity index (χ1n) is 7.08. The van der Waals surface area contributed by atoms with Crippen molar-refractivity contribution < 1.29 is 4.74 Å². The molecule has 8 heteroatoms. The Labute approximate surface area is 138 Å². The number of halogens is 1. The van der Waals surface area contributed by atoms with Gasteiger partial charge in [-0.05, 0) is 48.5 Å². The van der Waals surface area contributed by atoms with Crippen LogP contribution in [0.15, 0.2) is 58.8 Å². The van der Waals surface area contributed by atoms with E-state index in [1.165, 1.54) is 0 Å². The summed E-state index contributed by atoms with van der Waals surface area (Å²) in [4.78, 5) is 0. The lowest BCUT2D eigenvalue weighted by Crippen LogP contribution is -2.41. The molecule has 23 heavy (non-hydrogen) atoms. The van der Waals surface area contributed by atoms with Gasteiger partial charge in [-0.2, -0.15) is 10.2 Å². The van der Waals surface area contributed by atoms with E-state index in [9.17, 15) is 0 Å². The topological polar surface area (TPSA) is 110 Å². The highest BCUT2D eigenvalue weighted by Crippen LogP contribution is 2.25.